The molecule has 0 saturated carbocycles. The summed E-state index contributed by atoms with van der Waals surface area (Å²) in [4.78, 5) is 24.4. The summed E-state index contributed by atoms with van der Waals surface area (Å²) >= 11 is 1.19. The van der Waals surface area contributed by atoms with E-state index in [0.29, 0.717) is 17.5 Å². The van der Waals surface area contributed by atoms with Gasteiger partial charge in [-0.1, -0.05) is 42.1 Å². The van der Waals surface area contributed by atoms with E-state index in [9.17, 15) is 14.0 Å². The fourth-order valence-corrected chi connectivity index (χ4v) is 3.82. The molecule has 0 fully saturated rings. The van der Waals surface area contributed by atoms with Crippen LogP contribution in [0.2, 0.25) is 0 Å². The van der Waals surface area contributed by atoms with E-state index in [2.05, 4.69) is 21.0 Å². The lowest BCUT2D eigenvalue weighted by atomic mass is 10.2. The third-order valence-electron chi connectivity index (χ3n) is 4.75. The van der Waals surface area contributed by atoms with E-state index in [-0.39, 0.29) is 11.3 Å². The molecule has 2 aromatic heterocycles. The fraction of sp³-hybridized carbons (Fsp3) is 0.130. The number of carbonyl (C=O) groups excluding carboxylic acids is 2. The van der Waals surface area contributed by atoms with Crippen molar-refractivity contribution >= 4 is 23.6 Å². The summed E-state index contributed by atoms with van der Waals surface area (Å²) in [5.41, 5.74) is 6.77. The third-order valence-corrected chi connectivity index (χ3v) is 5.72. The molecule has 2 heterocycles. The Kier molecular flexibility index (Phi) is 6.84. The molecule has 2 aromatic carbocycles. The maximum Gasteiger partial charge on any atom is 0.269 e. The molecule has 0 radical (unpaired) electrons. The van der Waals surface area contributed by atoms with Gasteiger partial charge >= 0.3 is 0 Å². The Balaban J connectivity index is 1.43. The fourth-order valence-electron chi connectivity index (χ4n) is 3.09. The third kappa shape index (κ3) is 5.47. The van der Waals surface area contributed by atoms with E-state index in [1.54, 1.807) is 6.26 Å². The normalized spacial score (nSPS) is 10.7. The molecule has 0 atom stereocenters. The number of hydrazine groups is 1. The second kappa shape index (κ2) is 10.1. The van der Waals surface area contributed by atoms with Crippen LogP contribution in [0.1, 0.15) is 21.7 Å². The first-order valence-corrected chi connectivity index (χ1v) is 11.0. The Morgan fingerprint density at radius 2 is 1.79 bits per heavy atom. The number of rotatable bonds is 7. The number of carbonyl (C=O) groups is 2. The van der Waals surface area contributed by atoms with Gasteiger partial charge in [-0.05, 0) is 42.8 Å². The molecular formula is C23H20FN5O3S. The molecule has 168 valence electrons. The van der Waals surface area contributed by atoms with Crippen LogP contribution in [0.4, 0.5) is 4.39 Å². The minimum absolute atomic E-state index is 0.000982. The SMILES string of the molecule is Cc1occc1-c1nnc(SCC(=O)NNC(=O)c2ccc(F)cc2)n1Cc1ccccc1. The van der Waals surface area contributed by atoms with Crippen molar-refractivity contribution in [1.82, 2.24) is 25.6 Å². The van der Waals surface area contributed by atoms with Gasteiger partial charge in [0.2, 0.25) is 5.91 Å². The maximum absolute atomic E-state index is 13.0. The van der Waals surface area contributed by atoms with E-state index in [0.717, 1.165) is 16.9 Å². The number of nitrogens with one attached hydrogen (secondary N) is 2. The van der Waals surface area contributed by atoms with Crippen LogP contribution < -0.4 is 10.9 Å². The number of nitrogens with zero attached hydrogens (tertiary/aromatic N) is 3. The molecule has 2 amide bonds. The van der Waals surface area contributed by atoms with Crippen LogP contribution in [0.3, 0.4) is 0 Å². The summed E-state index contributed by atoms with van der Waals surface area (Å²) in [5, 5.41) is 9.13. The predicted molar refractivity (Wildman–Crippen MR) is 121 cm³/mol. The molecule has 0 bridgehead atoms. The van der Waals surface area contributed by atoms with Crippen LogP contribution in [0, 0.1) is 12.7 Å². The summed E-state index contributed by atoms with van der Waals surface area (Å²) in [6.07, 6.45) is 1.59. The highest BCUT2D eigenvalue weighted by molar-refractivity contribution is 7.99. The second-order valence-corrected chi connectivity index (χ2v) is 8.01. The van der Waals surface area contributed by atoms with Crippen LogP contribution in [-0.2, 0) is 11.3 Å². The highest BCUT2D eigenvalue weighted by Gasteiger charge is 2.19. The van der Waals surface area contributed by atoms with Crippen LogP contribution in [0.5, 0.6) is 0 Å². The second-order valence-electron chi connectivity index (χ2n) is 7.07. The number of halogens is 1. The summed E-state index contributed by atoms with van der Waals surface area (Å²) in [6, 6.07) is 16.7. The highest BCUT2D eigenvalue weighted by atomic mass is 32.2. The smallest absolute Gasteiger partial charge is 0.269 e. The van der Waals surface area contributed by atoms with Gasteiger partial charge in [-0.2, -0.15) is 0 Å². The maximum atomic E-state index is 13.0. The molecule has 4 rings (SSSR count). The van der Waals surface area contributed by atoms with Crippen molar-refractivity contribution < 1.29 is 18.4 Å². The zero-order chi connectivity index (χ0) is 23.2. The van der Waals surface area contributed by atoms with Crippen LogP contribution in [0.25, 0.3) is 11.4 Å². The zero-order valence-electron chi connectivity index (χ0n) is 17.6. The van der Waals surface area contributed by atoms with Gasteiger partial charge in [0.1, 0.15) is 11.6 Å². The number of furan rings is 1. The topological polar surface area (TPSA) is 102 Å². The molecule has 0 aliphatic carbocycles. The first-order valence-electron chi connectivity index (χ1n) is 10.0. The molecule has 0 aliphatic rings. The molecule has 8 nitrogen and oxygen atoms in total. The molecule has 10 heteroatoms. The van der Waals surface area contributed by atoms with Gasteiger partial charge in [0.25, 0.3) is 5.91 Å². The van der Waals surface area contributed by atoms with Crippen molar-refractivity contribution in [3.05, 3.63) is 89.6 Å². The van der Waals surface area contributed by atoms with Gasteiger partial charge in [-0.3, -0.25) is 25.0 Å². The highest BCUT2D eigenvalue weighted by Crippen LogP contribution is 2.27. The van der Waals surface area contributed by atoms with Crippen LogP contribution >= 0.6 is 11.8 Å². The minimum Gasteiger partial charge on any atom is -0.469 e. The number of hydrogen-bond acceptors (Lipinski definition) is 6. The Morgan fingerprint density at radius 3 is 2.48 bits per heavy atom. The van der Waals surface area contributed by atoms with Crippen molar-refractivity contribution in [3.8, 4) is 11.4 Å². The lowest BCUT2D eigenvalue weighted by Gasteiger charge is -2.10. The van der Waals surface area contributed by atoms with Gasteiger partial charge in [-0.15, -0.1) is 10.2 Å². The number of aryl methyl sites for hydroxylation is 1. The van der Waals surface area contributed by atoms with E-state index < -0.39 is 17.6 Å². The predicted octanol–water partition coefficient (Wildman–Crippen LogP) is 3.59. The molecule has 2 N–H and O–H groups in total. The van der Waals surface area contributed by atoms with Crippen molar-refractivity contribution in [2.45, 2.75) is 18.6 Å². The van der Waals surface area contributed by atoms with Crippen molar-refractivity contribution in [2.75, 3.05) is 5.75 Å². The number of amides is 2. The monoisotopic (exact) mass is 465 g/mol. The Morgan fingerprint density at radius 1 is 1.03 bits per heavy atom. The first-order chi connectivity index (χ1) is 16.0. The Hall–Kier alpha value is -3.92. The average molecular weight is 466 g/mol. The number of aromatic nitrogens is 3. The Labute approximate surface area is 193 Å². The molecular weight excluding hydrogens is 445 g/mol. The molecule has 33 heavy (non-hydrogen) atoms. The minimum atomic E-state index is -0.543. The Bertz CT molecular complexity index is 1250. The average Bonchev–Trinajstić information content (AvgIpc) is 3.42. The lowest BCUT2D eigenvalue weighted by Crippen LogP contribution is -2.42. The molecule has 0 saturated heterocycles. The number of thioether (sulfide) groups is 1. The molecule has 0 aliphatic heterocycles. The van der Waals surface area contributed by atoms with E-state index in [1.165, 1.54) is 36.0 Å². The summed E-state index contributed by atoms with van der Waals surface area (Å²) < 4.78 is 20.3. The van der Waals surface area contributed by atoms with Gasteiger partial charge in [-0.25, -0.2) is 4.39 Å². The zero-order valence-corrected chi connectivity index (χ0v) is 18.4. The van der Waals surface area contributed by atoms with Gasteiger partial charge in [0.05, 0.1) is 24.1 Å². The number of hydrogen-bond donors (Lipinski definition) is 2. The quantitative estimate of drug-likeness (QED) is 0.320. The van der Waals surface area contributed by atoms with Crippen molar-refractivity contribution in [1.29, 1.82) is 0 Å². The summed E-state index contributed by atoms with van der Waals surface area (Å²) in [7, 11) is 0. The standard InChI is InChI=1S/C23H20FN5O3S/c1-15-19(11-12-32-15)21-26-28-23(29(21)13-16-5-3-2-4-6-16)33-14-20(30)25-27-22(31)17-7-9-18(24)10-8-17/h2-12H,13-14H2,1H3,(H,25,30)(H,27,31). The van der Waals surface area contributed by atoms with Crippen LogP contribution in [-0.4, -0.2) is 32.3 Å². The van der Waals surface area contributed by atoms with Crippen molar-refractivity contribution in [3.63, 3.8) is 0 Å². The lowest BCUT2D eigenvalue weighted by molar-refractivity contribution is -0.119. The first kappa shape index (κ1) is 22.3. The van der Waals surface area contributed by atoms with E-state index >= 15 is 0 Å². The van der Waals surface area contributed by atoms with Crippen molar-refractivity contribution in [2.24, 2.45) is 0 Å². The van der Waals surface area contributed by atoms with E-state index in [1.807, 2.05) is 47.9 Å². The van der Waals surface area contributed by atoms with Crippen LogP contribution in [0.15, 0.2) is 76.5 Å². The summed E-state index contributed by atoms with van der Waals surface area (Å²) in [5.74, 6) is -0.0612. The van der Waals surface area contributed by atoms with Gasteiger partial charge in [0.15, 0.2) is 11.0 Å². The van der Waals surface area contributed by atoms with Gasteiger partial charge < -0.3 is 4.42 Å². The number of benzene rings is 2. The largest absolute Gasteiger partial charge is 0.469 e. The van der Waals surface area contributed by atoms with E-state index in [4.69, 9.17) is 4.42 Å². The molecule has 4 aromatic rings. The summed E-state index contributed by atoms with van der Waals surface area (Å²) in [6.45, 7) is 2.36. The van der Waals surface area contributed by atoms with Gasteiger partial charge in [0, 0.05) is 5.56 Å². The molecule has 0 unspecified atom stereocenters. The molecule has 0 spiro atoms.